The summed E-state index contributed by atoms with van der Waals surface area (Å²) >= 11 is 5.89. The Kier molecular flexibility index (Phi) is 5.37. The summed E-state index contributed by atoms with van der Waals surface area (Å²) in [5.74, 6) is -0.292. The van der Waals surface area contributed by atoms with Crippen LogP contribution in [0.3, 0.4) is 0 Å². The number of nitrogens with zero attached hydrogens (tertiary/aromatic N) is 1. The number of nitrogens with one attached hydrogen (secondary N) is 1. The molecule has 100 valence electrons. The standard InChI is InChI=1S/C12H17ClN2O3/c1-7(2)3-9(16)6-15-11-10(13)4-8(5-14-11)12(17)18/h4-5,7,9,16H,3,6H2,1-2H3,(H,14,15)(H,17,18). The molecular weight excluding hydrogens is 256 g/mol. The maximum Gasteiger partial charge on any atom is 0.337 e. The molecular formula is C12H17ClN2O3. The average Bonchev–Trinajstić information content (AvgIpc) is 2.26. The number of aromatic carboxylic acids is 1. The van der Waals surface area contributed by atoms with Gasteiger partial charge in [-0.2, -0.15) is 0 Å². The lowest BCUT2D eigenvalue weighted by Gasteiger charge is -2.14. The summed E-state index contributed by atoms with van der Waals surface area (Å²) in [5, 5.41) is 21.6. The fourth-order valence-corrected chi connectivity index (χ4v) is 1.76. The van der Waals surface area contributed by atoms with E-state index < -0.39 is 12.1 Å². The number of carboxylic acids is 1. The van der Waals surface area contributed by atoms with Crippen molar-refractivity contribution in [2.24, 2.45) is 5.92 Å². The van der Waals surface area contributed by atoms with E-state index in [9.17, 15) is 9.90 Å². The van der Waals surface area contributed by atoms with E-state index in [0.29, 0.717) is 24.7 Å². The molecule has 5 nitrogen and oxygen atoms in total. The van der Waals surface area contributed by atoms with E-state index in [1.165, 1.54) is 12.3 Å². The van der Waals surface area contributed by atoms with E-state index in [4.69, 9.17) is 16.7 Å². The second-order valence-corrected chi connectivity index (χ2v) is 4.93. The van der Waals surface area contributed by atoms with Gasteiger partial charge in [0.15, 0.2) is 0 Å². The van der Waals surface area contributed by atoms with Gasteiger partial charge in [-0.05, 0) is 18.4 Å². The van der Waals surface area contributed by atoms with Gasteiger partial charge in [0.05, 0.1) is 16.7 Å². The fourth-order valence-electron chi connectivity index (χ4n) is 1.53. The molecule has 1 aromatic rings. The van der Waals surface area contributed by atoms with E-state index in [1.54, 1.807) is 0 Å². The molecule has 0 aromatic carbocycles. The highest BCUT2D eigenvalue weighted by atomic mass is 35.5. The van der Waals surface area contributed by atoms with E-state index in [1.807, 2.05) is 13.8 Å². The number of hydrogen-bond donors (Lipinski definition) is 3. The zero-order valence-electron chi connectivity index (χ0n) is 10.4. The van der Waals surface area contributed by atoms with Gasteiger partial charge < -0.3 is 15.5 Å². The maximum absolute atomic E-state index is 10.7. The topological polar surface area (TPSA) is 82.5 Å². The van der Waals surface area contributed by atoms with Crippen LogP contribution in [0.2, 0.25) is 5.02 Å². The van der Waals surface area contributed by atoms with E-state index in [2.05, 4.69) is 10.3 Å². The lowest BCUT2D eigenvalue weighted by molar-refractivity contribution is 0.0696. The van der Waals surface area contributed by atoms with Crippen molar-refractivity contribution in [2.75, 3.05) is 11.9 Å². The quantitative estimate of drug-likeness (QED) is 0.740. The van der Waals surface area contributed by atoms with Crippen LogP contribution in [-0.2, 0) is 0 Å². The van der Waals surface area contributed by atoms with Crippen LogP contribution in [0.15, 0.2) is 12.3 Å². The van der Waals surface area contributed by atoms with Crippen LogP contribution >= 0.6 is 11.6 Å². The van der Waals surface area contributed by atoms with Crippen molar-refractivity contribution in [3.05, 3.63) is 22.8 Å². The highest BCUT2D eigenvalue weighted by Gasteiger charge is 2.11. The second-order valence-electron chi connectivity index (χ2n) is 4.52. The molecule has 1 unspecified atom stereocenters. The Labute approximate surface area is 111 Å². The number of aliphatic hydroxyl groups is 1. The zero-order valence-corrected chi connectivity index (χ0v) is 11.1. The number of rotatable bonds is 6. The van der Waals surface area contributed by atoms with Crippen molar-refractivity contribution in [1.29, 1.82) is 0 Å². The third kappa shape index (κ3) is 4.50. The van der Waals surface area contributed by atoms with Gasteiger partial charge in [0.1, 0.15) is 5.82 Å². The Morgan fingerprint density at radius 2 is 2.22 bits per heavy atom. The lowest BCUT2D eigenvalue weighted by atomic mass is 10.1. The normalized spacial score (nSPS) is 12.5. The first-order valence-electron chi connectivity index (χ1n) is 5.71. The summed E-state index contributed by atoms with van der Waals surface area (Å²) in [6.45, 7) is 4.38. The number of aliphatic hydroxyl groups excluding tert-OH is 1. The van der Waals surface area contributed by atoms with Gasteiger partial charge in [-0.1, -0.05) is 25.4 Å². The molecule has 0 aliphatic rings. The Morgan fingerprint density at radius 1 is 1.56 bits per heavy atom. The molecule has 0 saturated carbocycles. The summed E-state index contributed by atoms with van der Waals surface area (Å²) in [6.07, 6.45) is 1.42. The lowest BCUT2D eigenvalue weighted by Crippen LogP contribution is -2.21. The Bertz CT molecular complexity index is 424. The largest absolute Gasteiger partial charge is 0.478 e. The number of hydrogen-bond acceptors (Lipinski definition) is 4. The molecule has 0 aliphatic heterocycles. The molecule has 6 heteroatoms. The second kappa shape index (κ2) is 6.56. The minimum absolute atomic E-state index is 0.0354. The number of aromatic nitrogens is 1. The SMILES string of the molecule is CC(C)CC(O)CNc1ncc(C(=O)O)cc1Cl. The Balaban J connectivity index is 2.60. The number of anilines is 1. The monoisotopic (exact) mass is 272 g/mol. The minimum Gasteiger partial charge on any atom is -0.478 e. The molecule has 0 radical (unpaired) electrons. The highest BCUT2D eigenvalue weighted by molar-refractivity contribution is 6.33. The van der Waals surface area contributed by atoms with Crippen LogP contribution in [0.1, 0.15) is 30.6 Å². The molecule has 0 bridgehead atoms. The first-order valence-corrected chi connectivity index (χ1v) is 6.08. The average molecular weight is 273 g/mol. The van der Waals surface area contributed by atoms with Gasteiger partial charge in [0, 0.05) is 12.7 Å². The zero-order chi connectivity index (χ0) is 13.7. The van der Waals surface area contributed by atoms with Gasteiger partial charge in [0.25, 0.3) is 0 Å². The summed E-state index contributed by atoms with van der Waals surface area (Å²) in [5.41, 5.74) is 0.0354. The predicted octanol–water partition coefficient (Wildman–Crippen LogP) is 2.25. The molecule has 1 rings (SSSR count). The third-order valence-electron chi connectivity index (χ3n) is 2.34. The number of halogens is 1. The third-order valence-corrected chi connectivity index (χ3v) is 2.62. The highest BCUT2D eigenvalue weighted by Crippen LogP contribution is 2.20. The summed E-state index contributed by atoms with van der Waals surface area (Å²) in [4.78, 5) is 14.6. The van der Waals surface area contributed by atoms with Crippen molar-refractivity contribution in [3.8, 4) is 0 Å². The maximum atomic E-state index is 10.7. The first kappa shape index (κ1) is 14.7. The van der Waals surface area contributed by atoms with Gasteiger partial charge >= 0.3 is 5.97 Å². The van der Waals surface area contributed by atoms with E-state index >= 15 is 0 Å². The molecule has 1 heterocycles. The molecule has 0 aliphatic carbocycles. The fraction of sp³-hybridized carbons (Fsp3) is 0.500. The Hall–Kier alpha value is -1.33. The van der Waals surface area contributed by atoms with Crippen LogP contribution < -0.4 is 5.32 Å². The molecule has 0 saturated heterocycles. The summed E-state index contributed by atoms with van der Waals surface area (Å²) in [6, 6.07) is 1.33. The molecule has 0 amide bonds. The number of carbonyl (C=O) groups is 1. The van der Waals surface area contributed by atoms with Crippen molar-refractivity contribution in [1.82, 2.24) is 4.98 Å². The van der Waals surface area contributed by atoms with Crippen LogP contribution in [0, 0.1) is 5.92 Å². The number of carboxylic acid groups (broad SMARTS) is 1. The molecule has 1 atom stereocenters. The van der Waals surface area contributed by atoms with Crippen molar-refractivity contribution in [2.45, 2.75) is 26.4 Å². The summed E-state index contributed by atoms with van der Waals surface area (Å²) < 4.78 is 0. The minimum atomic E-state index is -1.07. The molecule has 0 spiro atoms. The molecule has 1 aromatic heterocycles. The van der Waals surface area contributed by atoms with Crippen LogP contribution in [0.4, 0.5) is 5.82 Å². The van der Waals surface area contributed by atoms with Crippen LogP contribution in [0.25, 0.3) is 0 Å². The van der Waals surface area contributed by atoms with Crippen molar-refractivity contribution >= 4 is 23.4 Å². The molecule has 0 fully saturated rings. The van der Waals surface area contributed by atoms with Crippen molar-refractivity contribution in [3.63, 3.8) is 0 Å². The van der Waals surface area contributed by atoms with Gasteiger partial charge in [-0.25, -0.2) is 9.78 Å². The van der Waals surface area contributed by atoms with Gasteiger partial charge in [0.2, 0.25) is 0 Å². The van der Waals surface area contributed by atoms with Crippen LogP contribution in [-0.4, -0.2) is 33.8 Å². The van der Waals surface area contributed by atoms with Crippen LogP contribution in [0.5, 0.6) is 0 Å². The van der Waals surface area contributed by atoms with Gasteiger partial charge in [-0.3, -0.25) is 0 Å². The smallest absolute Gasteiger partial charge is 0.337 e. The molecule has 18 heavy (non-hydrogen) atoms. The van der Waals surface area contributed by atoms with E-state index in [-0.39, 0.29) is 10.6 Å². The molecule has 3 N–H and O–H groups in total. The van der Waals surface area contributed by atoms with E-state index in [0.717, 1.165) is 0 Å². The predicted molar refractivity (Wildman–Crippen MR) is 70.2 cm³/mol. The van der Waals surface area contributed by atoms with Crippen molar-refractivity contribution < 1.29 is 15.0 Å². The summed E-state index contributed by atoms with van der Waals surface area (Å²) in [7, 11) is 0. The Morgan fingerprint density at radius 3 is 2.72 bits per heavy atom. The van der Waals surface area contributed by atoms with Gasteiger partial charge in [-0.15, -0.1) is 0 Å². The first-order chi connectivity index (χ1) is 8.40. The number of pyridine rings is 1.